The molecule has 1 heterocycles. The Morgan fingerprint density at radius 3 is 2.44 bits per heavy atom. The highest BCUT2D eigenvalue weighted by Crippen LogP contribution is 2.33. The zero-order valence-electron chi connectivity index (χ0n) is 11.7. The molecule has 0 spiro atoms. The average Bonchev–Trinajstić information content (AvgIpc) is 2.31. The first-order valence-corrected chi connectivity index (χ1v) is 6.99. The Labute approximate surface area is 102 Å². The third-order valence-electron chi connectivity index (χ3n) is 4.52. The molecule has 0 aromatic carbocycles. The van der Waals surface area contributed by atoms with Crippen LogP contribution >= 0.6 is 0 Å². The van der Waals surface area contributed by atoms with Crippen LogP contribution in [0.25, 0.3) is 0 Å². The van der Waals surface area contributed by atoms with Gasteiger partial charge in [-0.15, -0.1) is 0 Å². The summed E-state index contributed by atoms with van der Waals surface area (Å²) in [5.74, 6) is 0. The van der Waals surface area contributed by atoms with Crippen molar-refractivity contribution < 1.29 is 0 Å². The molecule has 0 aromatic heterocycles. The smallest absolute Gasteiger partial charge is 0.00362 e. The molecule has 1 fully saturated rings. The quantitative estimate of drug-likeness (QED) is 0.749. The third-order valence-corrected chi connectivity index (χ3v) is 4.52. The van der Waals surface area contributed by atoms with Crippen LogP contribution in [0.15, 0.2) is 0 Å². The highest BCUT2D eigenvalue weighted by atomic mass is 15.1. The predicted molar refractivity (Wildman–Crippen MR) is 71.8 cm³/mol. The van der Waals surface area contributed by atoms with E-state index in [1.165, 1.54) is 51.7 Å². The van der Waals surface area contributed by atoms with E-state index in [2.05, 4.69) is 38.0 Å². The fourth-order valence-electron chi connectivity index (χ4n) is 2.44. The fraction of sp³-hybridized carbons (Fsp3) is 1.00. The molecule has 0 aliphatic carbocycles. The molecule has 16 heavy (non-hydrogen) atoms. The predicted octanol–water partition coefficient (Wildman–Crippen LogP) is 2.89. The molecule has 0 bridgehead atoms. The molecule has 1 N–H and O–H groups in total. The maximum atomic E-state index is 3.31. The lowest BCUT2D eigenvalue weighted by atomic mass is 9.78. The van der Waals surface area contributed by atoms with Crippen molar-refractivity contribution in [2.24, 2.45) is 5.41 Å². The molecule has 0 saturated carbocycles. The van der Waals surface area contributed by atoms with Gasteiger partial charge in [-0.05, 0) is 64.7 Å². The van der Waals surface area contributed by atoms with Crippen molar-refractivity contribution in [3.8, 4) is 0 Å². The standard InChI is InChI=1S/C14H30N2/c1-5-14(3)8-11-16(12-9-14)10-6-7-13(2)15-4/h13,15H,5-12H2,1-4H3. The van der Waals surface area contributed by atoms with Crippen molar-refractivity contribution in [3.63, 3.8) is 0 Å². The number of piperidine rings is 1. The van der Waals surface area contributed by atoms with Crippen LogP contribution in [0, 0.1) is 5.41 Å². The van der Waals surface area contributed by atoms with Gasteiger partial charge in [-0.25, -0.2) is 0 Å². The maximum absolute atomic E-state index is 3.31. The van der Waals surface area contributed by atoms with E-state index in [4.69, 9.17) is 0 Å². The van der Waals surface area contributed by atoms with E-state index in [1.54, 1.807) is 0 Å². The van der Waals surface area contributed by atoms with Crippen molar-refractivity contribution in [3.05, 3.63) is 0 Å². The molecular weight excluding hydrogens is 196 g/mol. The van der Waals surface area contributed by atoms with E-state index in [0.29, 0.717) is 11.5 Å². The van der Waals surface area contributed by atoms with Gasteiger partial charge in [-0.1, -0.05) is 20.3 Å². The minimum absolute atomic E-state index is 0.634. The number of nitrogens with one attached hydrogen (secondary N) is 1. The maximum Gasteiger partial charge on any atom is 0.00362 e. The van der Waals surface area contributed by atoms with E-state index in [9.17, 15) is 0 Å². The Morgan fingerprint density at radius 2 is 1.94 bits per heavy atom. The molecule has 2 nitrogen and oxygen atoms in total. The molecule has 0 amide bonds. The van der Waals surface area contributed by atoms with Crippen LogP contribution in [0.4, 0.5) is 0 Å². The molecule has 1 aliphatic rings. The minimum Gasteiger partial charge on any atom is -0.317 e. The normalized spacial score (nSPS) is 23.2. The van der Waals surface area contributed by atoms with Crippen molar-refractivity contribution in [1.82, 2.24) is 10.2 Å². The van der Waals surface area contributed by atoms with Gasteiger partial charge >= 0.3 is 0 Å². The summed E-state index contributed by atoms with van der Waals surface area (Å²) in [5.41, 5.74) is 0.634. The van der Waals surface area contributed by atoms with E-state index in [0.717, 1.165) is 0 Å². The summed E-state index contributed by atoms with van der Waals surface area (Å²) in [6.45, 7) is 11.0. The first-order valence-electron chi connectivity index (χ1n) is 6.99. The molecule has 1 atom stereocenters. The summed E-state index contributed by atoms with van der Waals surface area (Å²) in [6, 6.07) is 0.672. The van der Waals surface area contributed by atoms with Gasteiger partial charge in [-0.3, -0.25) is 0 Å². The van der Waals surface area contributed by atoms with Crippen LogP contribution in [-0.2, 0) is 0 Å². The first-order chi connectivity index (χ1) is 7.59. The molecular formula is C14H30N2. The van der Waals surface area contributed by atoms with Crippen LogP contribution in [0.2, 0.25) is 0 Å². The summed E-state index contributed by atoms with van der Waals surface area (Å²) in [6.07, 6.45) is 6.77. The molecule has 1 aliphatic heterocycles. The zero-order valence-corrected chi connectivity index (χ0v) is 11.7. The number of nitrogens with zero attached hydrogens (tertiary/aromatic N) is 1. The lowest BCUT2D eigenvalue weighted by molar-refractivity contribution is 0.113. The van der Waals surface area contributed by atoms with Crippen LogP contribution in [0.3, 0.4) is 0 Å². The van der Waals surface area contributed by atoms with E-state index < -0.39 is 0 Å². The average molecular weight is 226 g/mol. The van der Waals surface area contributed by atoms with Crippen molar-refractivity contribution >= 4 is 0 Å². The second kappa shape index (κ2) is 6.61. The first kappa shape index (κ1) is 14.0. The van der Waals surface area contributed by atoms with Crippen LogP contribution in [0.5, 0.6) is 0 Å². The van der Waals surface area contributed by atoms with Crippen LogP contribution < -0.4 is 5.32 Å². The lowest BCUT2D eigenvalue weighted by Gasteiger charge is -2.39. The molecule has 1 saturated heterocycles. The number of hydrogen-bond acceptors (Lipinski definition) is 2. The SMILES string of the molecule is CCC1(C)CCN(CCCC(C)NC)CC1. The molecule has 1 unspecified atom stereocenters. The highest BCUT2D eigenvalue weighted by molar-refractivity contribution is 4.81. The number of rotatable bonds is 6. The Hall–Kier alpha value is -0.0800. The van der Waals surface area contributed by atoms with Gasteiger partial charge in [0.25, 0.3) is 0 Å². The summed E-state index contributed by atoms with van der Waals surface area (Å²) < 4.78 is 0. The largest absolute Gasteiger partial charge is 0.317 e. The topological polar surface area (TPSA) is 15.3 Å². The van der Waals surface area contributed by atoms with E-state index in [-0.39, 0.29) is 0 Å². The second-order valence-corrected chi connectivity index (χ2v) is 5.84. The zero-order chi connectivity index (χ0) is 12.0. The van der Waals surface area contributed by atoms with Crippen molar-refractivity contribution in [1.29, 1.82) is 0 Å². The van der Waals surface area contributed by atoms with Crippen molar-refractivity contribution in [2.75, 3.05) is 26.7 Å². The molecule has 2 heteroatoms. The van der Waals surface area contributed by atoms with Crippen molar-refractivity contribution in [2.45, 2.75) is 58.9 Å². The molecule has 1 rings (SSSR count). The van der Waals surface area contributed by atoms with Gasteiger partial charge in [0, 0.05) is 6.04 Å². The monoisotopic (exact) mass is 226 g/mol. The number of likely N-dealkylation sites (tertiary alicyclic amines) is 1. The van der Waals surface area contributed by atoms with Crippen LogP contribution in [-0.4, -0.2) is 37.6 Å². The van der Waals surface area contributed by atoms with Gasteiger partial charge in [-0.2, -0.15) is 0 Å². The second-order valence-electron chi connectivity index (χ2n) is 5.84. The summed E-state index contributed by atoms with van der Waals surface area (Å²) >= 11 is 0. The summed E-state index contributed by atoms with van der Waals surface area (Å²) in [4.78, 5) is 2.65. The molecule has 96 valence electrons. The summed E-state index contributed by atoms with van der Waals surface area (Å²) in [7, 11) is 2.05. The van der Waals surface area contributed by atoms with Gasteiger partial charge in [0.05, 0.1) is 0 Å². The Morgan fingerprint density at radius 1 is 1.31 bits per heavy atom. The minimum atomic E-state index is 0.634. The van der Waals surface area contributed by atoms with Crippen LogP contribution in [0.1, 0.15) is 52.9 Å². The van der Waals surface area contributed by atoms with Gasteiger partial charge in [0.15, 0.2) is 0 Å². The lowest BCUT2D eigenvalue weighted by Crippen LogP contribution is -2.39. The van der Waals surface area contributed by atoms with Gasteiger partial charge in [0.1, 0.15) is 0 Å². The van der Waals surface area contributed by atoms with E-state index in [1.807, 2.05) is 0 Å². The highest BCUT2D eigenvalue weighted by Gasteiger charge is 2.27. The number of hydrogen-bond donors (Lipinski definition) is 1. The Bertz CT molecular complexity index is 183. The molecule has 0 aromatic rings. The summed E-state index contributed by atoms with van der Waals surface area (Å²) in [5, 5.41) is 3.31. The Kier molecular flexibility index (Phi) is 5.77. The third kappa shape index (κ3) is 4.42. The fourth-order valence-corrected chi connectivity index (χ4v) is 2.44. The Balaban J connectivity index is 2.13. The van der Waals surface area contributed by atoms with E-state index >= 15 is 0 Å². The molecule has 0 radical (unpaired) electrons. The van der Waals surface area contributed by atoms with Gasteiger partial charge < -0.3 is 10.2 Å². The van der Waals surface area contributed by atoms with Gasteiger partial charge in [0.2, 0.25) is 0 Å².